The van der Waals surface area contributed by atoms with Crippen molar-refractivity contribution >= 4 is 28.3 Å². The number of ketones is 1. The quantitative estimate of drug-likeness (QED) is 0.249. The van der Waals surface area contributed by atoms with Gasteiger partial charge in [0.2, 0.25) is 0 Å². The second-order valence-electron chi connectivity index (χ2n) is 12.6. The number of ether oxygens (including phenoxy) is 1. The highest BCUT2D eigenvalue weighted by Gasteiger charge is 2.29. The van der Waals surface area contributed by atoms with E-state index in [4.69, 9.17) is 16.3 Å². The van der Waals surface area contributed by atoms with Crippen LogP contribution in [0.3, 0.4) is 0 Å². The number of aromatic nitrogens is 1. The Hall–Kier alpha value is -2.38. The van der Waals surface area contributed by atoms with E-state index in [0.717, 1.165) is 85.8 Å². The second-order valence-corrected chi connectivity index (χ2v) is 13.1. The van der Waals surface area contributed by atoms with Crippen molar-refractivity contribution in [3.05, 3.63) is 64.8 Å². The first kappa shape index (κ1) is 29.7. The van der Waals surface area contributed by atoms with Crippen LogP contribution in [0, 0.1) is 5.92 Å². The van der Waals surface area contributed by atoms with Gasteiger partial charge in [-0.15, -0.1) is 0 Å². The van der Waals surface area contributed by atoms with Crippen molar-refractivity contribution in [3.8, 4) is 5.75 Å². The molecule has 0 aliphatic carbocycles. The Labute approximate surface area is 256 Å². The van der Waals surface area contributed by atoms with Gasteiger partial charge in [-0.3, -0.25) is 9.69 Å². The van der Waals surface area contributed by atoms with Crippen molar-refractivity contribution in [3.63, 3.8) is 0 Å². The number of para-hydroxylation sites is 1. The van der Waals surface area contributed by atoms with Crippen LogP contribution in [-0.4, -0.2) is 72.0 Å². The molecule has 3 aliphatic heterocycles. The molecule has 6 rings (SSSR count). The van der Waals surface area contributed by atoms with Crippen molar-refractivity contribution in [2.75, 3.05) is 45.8 Å². The smallest absolute Gasteiger partial charge is 0.179 e. The minimum atomic E-state index is 0.215. The van der Waals surface area contributed by atoms with Crippen molar-refractivity contribution in [1.82, 2.24) is 19.7 Å². The van der Waals surface area contributed by atoms with E-state index < -0.39 is 0 Å². The molecule has 2 aromatic carbocycles. The Balaban J connectivity index is 1.21. The maximum atomic E-state index is 14.2. The summed E-state index contributed by atoms with van der Waals surface area (Å²) in [5.41, 5.74) is 2.99. The molecule has 3 saturated heterocycles. The first-order valence-corrected chi connectivity index (χ1v) is 16.7. The van der Waals surface area contributed by atoms with Crippen molar-refractivity contribution < 1.29 is 9.53 Å². The molecule has 7 heteroatoms. The molecule has 6 nitrogen and oxygen atoms in total. The fourth-order valence-corrected chi connectivity index (χ4v) is 7.60. The van der Waals surface area contributed by atoms with E-state index in [1.807, 2.05) is 24.3 Å². The van der Waals surface area contributed by atoms with Crippen molar-refractivity contribution in [2.45, 2.75) is 77.0 Å². The monoisotopic (exact) mass is 590 g/mol. The third-order valence-electron chi connectivity index (χ3n) is 9.77. The maximum absolute atomic E-state index is 14.2. The SMILES string of the molecule is O=C(CN1CCC(N2CCCCC2)CC1)c1c(COc2ccc(Cl)cc2)n(CCC[C@@H]2CCCNC2)c2ccccc12. The molecule has 0 amide bonds. The number of carbonyl (C=O) groups is 1. The highest BCUT2D eigenvalue weighted by atomic mass is 35.5. The minimum Gasteiger partial charge on any atom is -0.487 e. The number of Topliss-reactive ketones (excluding diaryl/α,β-unsaturated/α-hetero) is 1. The molecule has 1 aromatic heterocycles. The Morgan fingerprint density at radius 3 is 2.48 bits per heavy atom. The lowest BCUT2D eigenvalue weighted by atomic mass is 9.95. The van der Waals surface area contributed by atoms with Crippen LogP contribution in [-0.2, 0) is 13.2 Å². The Morgan fingerprint density at radius 2 is 1.71 bits per heavy atom. The average molecular weight is 591 g/mol. The normalized spacial score (nSPS) is 21.1. The van der Waals surface area contributed by atoms with Crippen LogP contribution in [0.2, 0.25) is 5.02 Å². The topological polar surface area (TPSA) is 49.7 Å². The molecule has 3 aliphatic rings. The standard InChI is InChI=1S/C35H47ClN4O2/c36-28-12-14-30(15-13-28)42-26-33-35(34(41)25-38-22-16-29(17-23-38)39-19-4-1-5-20-39)31-10-2-3-11-32(31)40(33)21-7-9-27-8-6-18-37-24-27/h2-3,10-15,27,29,37H,1,4-9,16-26H2/t27-/m0/s1. The average Bonchev–Trinajstić information content (AvgIpc) is 3.35. The van der Waals surface area contributed by atoms with Gasteiger partial charge in [-0.25, -0.2) is 0 Å². The van der Waals surface area contributed by atoms with Gasteiger partial charge in [-0.2, -0.15) is 0 Å². The van der Waals surface area contributed by atoms with Gasteiger partial charge >= 0.3 is 0 Å². The third kappa shape index (κ3) is 7.21. The number of aryl methyl sites for hydroxylation is 1. The summed E-state index contributed by atoms with van der Waals surface area (Å²) in [4.78, 5) is 19.3. The third-order valence-corrected chi connectivity index (χ3v) is 10.0. The van der Waals surface area contributed by atoms with E-state index in [0.29, 0.717) is 24.2 Å². The van der Waals surface area contributed by atoms with Crippen LogP contribution < -0.4 is 10.1 Å². The molecular formula is C35H47ClN4O2. The van der Waals surface area contributed by atoms with Gasteiger partial charge in [0.15, 0.2) is 5.78 Å². The van der Waals surface area contributed by atoms with Crippen molar-refractivity contribution in [2.24, 2.45) is 5.92 Å². The number of piperidine rings is 3. The molecule has 42 heavy (non-hydrogen) atoms. The summed E-state index contributed by atoms with van der Waals surface area (Å²) in [6.07, 6.45) is 11.2. The fraction of sp³-hybridized carbons (Fsp3) is 0.571. The van der Waals surface area contributed by atoms with Gasteiger partial charge in [0.25, 0.3) is 0 Å². The maximum Gasteiger partial charge on any atom is 0.179 e. The van der Waals surface area contributed by atoms with Crippen LogP contribution in [0.5, 0.6) is 5.75 Å². The molecule has 3 fully saturated rings. The van der Waals surface area contributed by atoms with E-state index in [1.54, 1.807) is 0 Å². The first-order chi connectivity index (χ1) is 20.7. The summed E-state index contributed by atoms with van der Waals surface area (Å²) in [7, 11) is 0. The number of nitrogens with one attached hydrogen (secondary N) is 1. The number of likely N-dealkylation sites (tertiary alicyclic amines) is 2. The van der Waals surface area contributed by atoms with Gasteiger partial charge < -0.3 is 19.5 Å². The Morgan fingerprint density at radius 1 is 0.929 bits per heavy atom. The van der Waals surface area contributed by atoms with E-state index in [2.05, 4.69) is 43.9 Å². The molecule has 0 spiro atoms. The van der Waals surface area contributed by atoms with Crippen LogP contribution in [0.1, 0.15) is 73.8 Å². The summed E-state index contributed by atoms with van der Waals surface area (Å²) in [5, 5.41) is 5.30. The molecule has 3 aromatic rings. The van der Waals surface area contributed by atoms with Crippen LogP contribution in [0.25, 0.3) is 10.9 Å². The van der Waals surface area contributed by atoms with Crippen LogP contribution in [0.4, 0.5) is 0 Å². The number of carbonyl (C=O) groups excluding carboxylic acids is 1. The number of halogens is 1. The number of benzene rings is 2. The number of fused-ring (bicyclic) bond motifs is 1. The largest absolute Gasteiger partial charge is 0.487 e. The summed E-state index contributed by atoms with van der Waals surface area (Å²) in [6, 6.07) is 16.6. The Kier molecular flexibility index (Phi) is 10.2. The second kappa shape index (κ2) is 14.4. The molecule has 1 atom stereocenters. The van der Waals surface area contributed by atoms with E-state index in [-0.39, 0.29) is 5.78 Å². The zero-order valence-corrected chi connectivity index (χ0v) is 25.8. The zero-order chi connectivity index (χ0) is 28.7. The molecular weight excluding hydrogens is 544 g/mol. The predicted molar refractivity (Wildman–Crippen MR) is 172 cm³/mol. The lowest BCUT2D eigenvalue weighted by molar-refractivity contribution is 0.0774. The molecule has 0 unspecified atom stereocenters. The van der Waals surface area contributed by atoms with E-state index >= 15 is 0 Å². The fourth-order valence-electron chi connectivity index (χ4n) is 7.47. The van der Waals surface area contributed by atoms with Gasteiger partial charge in [-0.05, 0) is 114 Å². The molecule has 0 saturated carbocycles. The summed E-state index contributed by atoms with van der Waals surface area (Å²) in [5.74, 6) is 1.72. The summed E-state index contributed by atoms with van der Waals surface area (Å²) < 4.78 is 8.69. The highest BCUT2D eigenvalue weighted by molar-refractivity contribution is 6.30. The molecule has 226 valence electrons. The summed E-state index contributed by atoms with van der Waals surface area (Å²) >= 11 is 6.13. The van der Waals surface area contributed by atoms with Gasteiger partial charge in [-0.1, -0.05) is 36.2 Å². The number of hydrogen-bond donors (Lipinski definition) is 1. The lowest BCUT2D eigenvalue weighted by Gasteiger charge is -2.40. The predicted octanol–water partition coefficient (Wildman–Crippen LogP) is 6.79. The minimum absolute atomic E-state index is 0.215. The van der Waals surface area contributed by atoms with Crippen LogP contribution >= 0.6 is 11.6 Å². The van der Waals surface area contributed by atoms with E-state index in [9.17, 15) is 4.79 Å². The van der Waals surface area contributed by atoms with Crippen LogP contribution in [0.15, 0.2) is 48.5 Å². The zero-order valence-electron chi connectivity index (χ0n) is 25.0. The number of nitrogens with zero attached hydrogens (tertiary/aromatic N) is 3. The van der Waals surface area contributed by atoms with Crippen molar-refractivity contribution in [1.29, 1.82) is 0 Å². The number of rotatable bonds is 11. The molecule has 0 bridgehead atoms. The first-order valence-electron chi connectivity index (χ1n) is 16.3. The summed E-state index contributed by atoms with van der Waals surface area (Å²) in [6.45, 7) is 8.49. The number of hydrogen-bond acceptors (Lipinski definition) is 5. The van der Waals surface area contributed by atoms with E-state index in [1.165, 1.54) is 51.6 Å². The Bertz CT molecular complexity index is 1300. The lowest BCUT2D eigenvalue weighted by Crippen LogP contribution is -2.47. The van der Waals surface area contributed by atoms with Gasteiger partial charge in [0, 0.05) is 41.6 Å². The van der Waals surface area contributed by atoms with Gasteiger partial charge in [0.1, 0.15) is 12.4 Å². The molecule has 0 radical (unpaired) electrons. The van der Waals surface area contributed by atoms with Gasteiger partial charge in [0.05, 0.1) is 17.8 Å². The highest BCUT2D eigenvalue weighted by Crippen LogP contribution is 2.30. The molecule has 1 N–H and O–H groups in total. The molecule has 4 heterocycles.